The maximum atomic E-state index is 12.7. The van der Waals surface area contributed by atoms with Crippen molar-refractivity contribution in [2.24, 2.45) is 14.1 Å². The molecular weight excluding hydrogens is 390 g/mol. The lowest BCUT2D eigenvalue weighted by Crippen LogP contribution is -2.47. The second-order valence-electron chi connectivity index (χ2n) is 7.09. The van der Waals surface area contributed by atoms with Crippen LogP contribution in [0.1, 0.15) is 0 Å². The quantitative estimate of drug-likeness (QED) is 0.568. The van der Waals surface area contributed by atoms with Crippen molar-refractivity contribution >= 4 is 34.4 Å². The lowest BCUT2D eigenvalue weighted by Gasteiger charge is -2.30. The van der Waals surface area contributed by atoms with E-state index in [2.05, 4.69) is 15.6 Å². The minimum Gasteiger partial charge on any atom is -0.359 e. The Morgan fingerprint density at radius 2 is 1.93 bits per heavy atom. The van der Waals surface area contributed by atoms with Crippen LogP contribution in [0.2, 0.25) is 0 Å². The number of amides is 2. The van der Waals surface area contributed by atoms with Crippen molar-refractivity contribution in [3.8, 4) is 0 Å². The van der Waals surface area contributed by atoms with E-state index in [1.807, 2.05) is 17.0 Å². The maximum Gasteiger partial charge on any atom is 0.332 e. The highest BCUT2D eigenvalue weighted by atomic mass is 16.2. The summed E-state index contributed by atoms with van der Waals surface area (Å²) in [4.78, 5) is 55.1. The molecule has 3 heterocycles. The molecule has 2 N–H and O–H groups in total. The van der Waals surface area contributed by atoms with Gasteiger partial charge in [0, 0.05) is 27.2 Å². The first-order chi connectivity index (χ1) is 14.4. The number of anilines is 2. The molecule has 30 heavy (non-hydrogen) atoms. The Hall–Kier alpha value is -3.89. The van der Waals surface area contributed by atoms with Crippen molar-refractivity contribution in [2.45, 2.75) is 6.54 Å². The van der Waals surface area contributed by atoms with Gasteiger partial charge < -0.3 is 20.1 Å². The molecule has 11 nitrogen and oxygen atoms in total. The third kappa shape index (κ3) is 3.34. The molecule has 3 aromatic rings. The fourth-order valence-corrected chi connectivity index (χ4v) is 3.56. The van der Waals surface area contributed by atoms with Crippen LogP contribution in [-0.2, 0) is 30.2 Å². The van der Waals surface area contributed by atoms with Gasteiger partial charge in [0.2, 0.25) is 11.8 Å². The number of para-hydroxylation sites is 2. The molecule has 2 aromatic heterocycles. The van der Waals surface area contributed by atoms with E-state index < -0.39 is 11.2 Å². The number of hydrogen-bond donors (Lipinski definition) is 2. The Morgan fingerprint density at radius 3 is 2.70 bits per heavy atom. The van der Waals surface area contributed by atoms with Gasteiger partial charge in [-0.25, -0.2) is 9.78 Å². The molecule has 1 aromatic carbocycles. The molecule has 1 aliphatic rings. The van der Waals surface area contributed by atoms with E-state index in [0.717, 1.165) is 10.3 Å². The molecule has 0 saturated carbocycles. The standard InChI is InChI=1S/C19H21N7O4/c1-23-17-16(18(29)24(2)19(23)30)26(11-21-17)10-15(28)22-12-5-3-4-6-13(12)25-8-7-20-14(27)9-25/h3-6,11H,7-10H2,1-2H3,(H,20,27)(H,22,28). The number of nitrogens with zero attached hydrogens (tertiary/aromatic N) is 5. The van der Waals surface area contributed by atoms with Crippen LogP contribution >= 0.6 is 0 Å². The molecule has 0 atom stereocenters. The van der Waals surface area contributed by atoms with Crippen molar-refractivity contribution in [1.82, 2.24) is 24.0 Å². The summed E-state index contributed by atoms with van der Waals surface area (Å²) in [5, 5.41) is 5.62. The summed E-state index contributed by atoms with van der Waals surface area (Å²) in [5.41, 5.74) is 0.711. The third-order valence-electron chi connectivity index (χ3n) is 5.09. The van der Waals surface area contributed by atoms with Gasteiger partial charge in [0.25, 0.3) is 5.56 Å². The largest absolute Gasteiger partial charge is 0.359 e. The summed E-state index contributed by atoms with van der Waals surface area (Å²) >= 11 is 0. The van der Waals surface area contributed by atoms with Gasteiger partial charge in [-0.1, -0.05) is 12.1 Å². The second kappa shape index (κ2) is 7.50. The van der Waals surface area contributed by atoms with Crippen molar-refractivity contribution in [3.63, 3.8) is 0 Å². The smallest absolute Gasteiger partial charge is 0.332 e. The molecule has 11 heteroatoms. The van der Waals surface area contributed by atoms with Gasteiger partial charge in [-0.15, -0.1) is 0 Å². The summed E-state index contributed by atoms with van der Waals surface area (Å²) in [6, 6.07) is 7.23. The Kier molecular flexibility index (Phi) is 4.86. The number of aromatic nitrogens is 4. The predicted octanol–water partition coefficient (Wildman–Crippen LogP) is -0.991. The van der Waals surface area contributed by atoms with Crippen molar-refractivity contribution in [1.29, 1.82) is 0 Å². The SMILES string of the molecule is Cn1c(=O)c2c(ncn2CC(=O)Nc2ccccc2N2CCNC(=O)C2)n(C)c1=O. The number of aryl methyl sites for hydroxylation is 1. The van der Waals surface area contributed by atoms with Crippen LogP contribution in [0, 0.1) is 0 Å². The highest BCUT2D eigenvalue weighted by Crippen LogP contribution is 2.26. The van der Waals surface area contributed by atoms with Crippen LogP contribution in [0.3, 0.4) is 0 Å². The van der Waals surface area contributed by atoms with Crippen molar-refractivity contribution < 1.29 is 9.59 Å². The number of fused-ring (bicyclic) bond motifs is 1. The van der Waals surface area contributed by atoms with E-state index in [9.17, 15) is 19.2 Å². The summed E-state index contributed by atoms with van der Waals surface area (Å²) in [6.07, 6.45) is 1.37. The minimum atomic E-state index is -0.516. The Balaban J connectivity index is 1.61. The van der Waals surface area contributed by atoms with Crippen LogP contribution in [0.4, 0.5) is 11.4 Å². The zero-order chi connectivity index (χ0) is 21.4. The molecule has 156 valence electrons. The van der Waals surface area contributed by atoms with E-state index in [0.29, 0.717) is 18.8 Å². The Labute approximate surface area is 170 Å². The number of carbonyl (C=O) groups is 2. The van der Waals surface area contributed by atoms with Crippen LogP contribution in [0.5, 0.6) is 0 Å². The minimum absolute atomic E-state index is 0.0753. The highest BCUT2D eigenvalue weighted by Gasteiger charge is 2.20. The molecule has 0 spiro atoms. The number of nitrogens with one attached hydrogen (secondary N) is 2. The van der Waals surface area contributed by atoms with Crippen molar-refractivity contribution in [3.05, 3.63) is 51.4 Å². The van der Waals surface area contributed by atoms with E-state index in [1.165, 1.54) is 29.6 Å². The first-order valence-electron chi connectivity index (χ1n) is 9.38. The molecule has 1 saturated heterocycles. The van der Waals surface area contributed by atoms with Gasteiger partial charge >= 0.3 is 5.69 Å². The fourth-order valence-electron chi connectivity index (χ4n) is 3.56. The molecular formula is C19H21N7O4. The van der Waals surface area contributed by atoms with Crippen LogP contribution in [0.25, 0.3) is 11.2 Å². The summed E-state index contributed by atoms with van der Waals surface area (Å²) in [6.45, 7) is 1.22. The molecule has 0 bridgehead atoms. The Morgan fingerprint density at radius 1 is 1.17 bits per heavy atom. The van der Waals surface area contributed by atoms with Gasteiger partial charge in [0.15, 0.2) is 11.2 Å². The number of hydrogen-bond acceptors (Lipinski definition) is 6. The highest BCUT2D eigenvalue weighted by molar-refractivity contribution is 5.95. The molecule has 1 aliphatic heterocycles. The average molecular weight is 411 g/mol. The van der Waals surface area contributed by atoms with Crippen LogP contribution < -0.4 is 26.8 Å². The molecule has 1 fully saturated rings. The molecule has 0 unspecified atom stereocenters. The molecule has 0 aliphatic carbocycles. The zero-order valence-electron chi connectivity index (χ0n) is 16.6. The number of rotatable bonds is 4. The lowest BCUT2D eigenvalue weighted by molar-refractivity contribution is -0.120. The zero-order valence-corrected chi connectivity index (χ0v) is 16.6. The first kappa shape index (κ1) is 19.4. The monoisotopic (exact) mass is 411 g/mol. The normalized spacial score (nSPS) is 14.1. The number of carbonyl (C=O) groups excluding carboxylic acids is 2. The molecule has 2 amide bonds. The molecule has 0 radical (unpaired) electrons. The summed E-state index contributed by atoms with van der Waals surface area (Å²) in [5.74, 6) is -0.437. The van der Waals surface area contributed by atoms with E-state index in [-0.39, 0.29) is 36.1 Å². The fraction of sp³-hybridized carbons (Fsp3) is 0.316. The van der Waals surface area contributed by atoms with Crippen LogP contribution in [0.15, 0.2) is 40.2 Å². The number of benzene rings is 1. The molecule has 4 rings (SSSR count). The summed E-state index contributed by atoms with van der Waals surface area (Å²) in [7, 11) is 2.90. The van der Waals surface area contributed by atoms with Gasteiger partial charge in [-0.05, 0) is 12.1 Å². The lowest BCUT2D eigenvalue weighted by atomic mass is 10.2. The van der Waals surface area contributed by atoms with Gasteiger partial charge in [0.1, 0.15) is 6.54 Å². The average Bonchev–Trinajstić information content (AvgIpc) is 3.14. The van der Waals surface area contributed by atoms with Crippen molar-refractivity contribution in [2.75, 3.05) is 29.9 Å². The topological polar surface area (TPSA) is 123 Å². The van der Waals surface area contributed by atoms with Gasteiger partial charge in [0.05, 0.1) is 24.2 Å². The van der Waals surface area contributed by atoms with Gasteiger partial charge in [-0.2, -0.15) is 0 Å². The second-order valence-corrected chi connectivity index (χ2v) is 7.09. The number of imidazole rings is 1. The maximum absolute atomic E-state index is 12.7. The third-order valence-corrected chi connectivity index (χ3v) is 5.09. The predicted molar refractivity (Wildman–Crippen MR) is 111 cm³/mol. The Bertz CT molecular complexity index is 1270. The van der Waals surface area contributed by atoms with E-state index in [4.69, 9.17) is 0 Å². The first-order valence-corrected chi connectivity index (χ1v) is 9.38. The summed E-state index contributed by atoms with van der Waals surface area (Å²) < 4.78 is 3.67. The van der Waals surface area contributed by atoms with Gasteiger partial charge in [-0.3, -0.25) is 23.5 Å². The number of piperazine rings is 1. The van der Waals surface area contributed by atoms with E-state index >= 15 is 0 Å². The van der Waals surface area contributed by atoms with E-state index in [1.54, 1.807) is 12.1 Å². The van der Waals surface area contributed by atoms with Crippen LogP contribution in [-0.4, -0.2) is 50.1 Å².